The van der Waals surface area contributed by atoms with Crippen LogP contribution >= 0.6 is 0 Å². The molecule has 0 radical (unpaired) electrons. The number of fused-ring (bicyclic) bond motifs is 3. The van der Waals surface area contributed by atoms with E-state index in [2.05, 4.69) is 20.5 Å². The summed E-state index contributed by atoms with van der Waals surface area (Å²) in [6.07, 6.45) is 5.43. The van der Waals surface area contributed by atoms with E-state index in [0.29, 0.717) is 17.1 Å². The number of imidazole rings is 1. The number of phenols is 1. The van der Waals surface area contributed by atoms with E-state index in [9.17, 15) is 9.50 Å². The van der Waals surface area contributed by atoms with Crippen molar-refractivity contribution in [2.45, 2.75) is 31.2 Å². The van der Waals surface area contributed by atoms with Crippen molar-refractivity contribution in [2.75, 3.05) is 6.54 Å². The van der Waals surface area contributed by atoms with E-state index in [4.69, 9.17) is 4.74 Å². The van der Waals surface area contributed by atoms with Crippen LogP contribution in [0.15, 0.2) is 49.1 Å². The molecule has 1 aromatic carbocycles. The molecule has 8 heteroatoms. The van der Waals surface area contributed by atoms with Gasteiger partial charge in [-0.3, -0.25) is 0 Å². The molecule has 3 aliphatic rings. The second-order valence-corrected chi connectivity index (χ2v) is 7.31. The molecule has 0 amide bonds. The van der Waals surface area contributed by atoms with Gasteiger partial charge in [-0.1, -0.05) is 0 Å². The van der Waals surface area contributed by atoms with Crippen LogP contribution in [0, 0.1) is 5.92 Å². The van der Waals surface area contributed by atoms with E-state index in [1.54, 1.807) is 47.6 Å². The number of aromatic nitrogens is 4. The molecule has 2 N–H and O–H groups in total. The van der Waals surface area contributed by atoms with Gasteiger partial charge in [-0.15, -0.1) is 10.2 Å². The van der Waals surface area contributed by atoms with Crippen LogP contribution < -0.4 is 10.1 Å². The van der Waals surface area contributed by atoms with Crippen LogP contribution in [0.1, 0.15) is 12.8 Å². The van der Waals surface area contributed by atoms with Crippen molar-refractivity contribution in [1.29, 1.82) is 0 Å². The molecule has 28 heavy (non-hydrogen) atoms. The van der Waals surface area contributed by atoms with Gasteiger partial charge in [-0.05, 0) is 31.0 Å². The molecule has 7 nitrogen and oxygen atoms in total. The Balaban J connectivity index is 1.34. The number of piperidine rings is 2. The van der Waals surface area contributed by atoms with Gasteiger partial charge >= 0.3 is 0 Å². The Morgan fingerprint density at radius 2 is 2.11 bits per heavy atom. The van der Waals surface area contributed by atoms with Crippen LogP contribution in [-0.2, 0) is 0 Å². The van der Waals surface area contributed by atoms with Gasteiger partial charge in [-0.2, -0.15) is 0 Å². The zero-order chi connectivity index (χ0) is 19.1. The van der Waals surface area contributed by atoms with E-state index in [-0.39, 0.29) is 17.7 Å². The molecule has 3 aromatic rings. The number of nitrogens with zero attached hydrogens (tertiary/aromatic N) is 4. The lowest BCUT2D eigenvalue weighted by Gasteiger charge is -2.44. The molecule has 4 atom stereocenters. The second-order valence-electron chi connectivity index (χ2n) is 7.31. The predicted octanol–water partition coefficient (Wildman–Crippen LogP) is 2.50. The first-order valence-corrected chi connectivity index (χ1v) is 9.38. The first-order chi connectivity index (χ1) is 13.7. The molecule has 2 aromatic heterocycles. The molecule has 144 valence electrons. The minimum absolute atomic E-state index is 0.0913. The average molecular weight is 381 g/mol. The van der Waals surface area contributed by atoms with Gasteiger partial charge in [0, 0.05) is 48.6 Å². The SMILES string of the molecule is Oc1cc(-n2ccnc2)ccc1-c1ccc(O[C@@H]2[C@H]3CC[C@H](NC3)[C@H]2F)nn1. The lowest BCUT2D eigenvalue weighted by atomic mass is 9.78. The monoisotopic (exact) mass is 381 g/mol. The maximum Gasteiger partial charge on any atom is 0.233 e. The molecule has 0 unspecified atom stereocenters. The lowest BCUT2D eigenvalue weighted by Crippen LogP contribution is -2.61. The zero-order valence-electron chi connectivity index (χ0n) is 15.1. The highest BCUT2D eigenvalue weighted by Crippen LogP contribution is 2.35. The van der Waals surface area contributed by atoms with Gasteiger partial charge in [-0.25, -0.2) is 9.37 Å². The van der Waals surface area contributed by atoms with Crippen LogP contribution in [0.5, 0.6) is 11.6 Å². The van der Waals surface area contributed by atoms with E-state index >= 15 is 0 Å². The normalized spacial score (nSPS) is 26.3. The molecule has 4 heterocycles. The van der Waals surface area contributed by atoms with E-state index in [1.807, 2.05) is 6.07 Å². The first-order valence-electron chi connectivity index (χ1n) is 9.38. The number of hydrogen-bond acceptors (Lipinski definition) is 6. The highest BCUT2D eigenvalue weighted by Gasteiger charge is 2.45. The fraction of sp³-hybridized carbons (Fsp3) is 0.350. The van der Waals surface area contributed by atoms with Gasteiger partial charge in [0.25, 0.3) is 0 Å². The molecule has 0 spiro atoms. The number of alkyl halides is 1. The molecule has 2 aliphatic heterocycles. The van der Waals surface area contributed by atoms with Crippen molar-refractivity contribution in [2.24, 2.45) is 5.92 Å². The Hall–Kier alpha value is -3.00. The van der Waals surface area contributed by atoms with Crippen LogP contribution in [0.3, 0.4) is 0 Å². The molecule has 3 fully saturated rings. The second kappa shape index (κ2) is 6.87. The largest absolute Gasteiger partial charge is 0.507 e. The number of ether oxygens (including phenoxy) is 1. The molecule has 6 rings (SSSR count). The van der Waals surface area contributed by atoms with Gasteiger partial charge in [0.05, 0.1) is 17.7 Å². The zero-order valence-corrected chi connectivity index (χ0v) is 15.1. The average Bonchev–Trinajstić information content (AvgIpc) is 3.27. The summed E-state index contributed by atoms with van der Waals surface area (Å²) in [6.45, 7) is 0.776. The Kier molecular flexibility index (Phi) is 4.20. The summed E-state index contributed by atoms with van der Waals surface area (Å²) in [7, 11) is 0. The highest BCUT2D eigenvalue weighted by atomic mass is 19.1. The molecular weight excluding hydrogens is 361 g/mol. The summed E-state index contributed by atoms with van der Waals surface area (Å²) in [6, 6.07) is 8.55. The van der Waals surface area contributed by atoms with Gasteiger partial charge < -0.3 is 19.7 Å². The van der Waals surface area contributed by atoms with Crippen molar-refractivity contribution in [1.82, 2.24) is 25.1 Å². The number of aromatic hydroxyl groups is 1. The summed E-state index contributed by atoms with van der Waals surface area (Å²) < 4.78 is 22.1. The van der Waals surface area contributed by atoms with E-state index in [0.717, 1.165) is 25.1 Å². The van der Waals surface area contributed by atoms with Crippen molar-refractivity contribution in [3.63, 3.8) is 0 Å². The van der Waals surface area contributed by atoms with Gasteiger partial charge in [0.2, 0.25) is 5.88 Å². The fourth-order valence-electron chi connectivity index (χ4n) is 4.08. The number of nitrogens with one attached hydrogen (secondary N) is 1. The standard InChI is InChI=1S/C20H20FN5O2/c21-19-16-4-1-12(10-23-16)20(19)28-18-6-5-15(24-25-18)14-3-2-13(9-17(14)27)26-8-7-22-11-26/h2-3,5-9,11-12,16,19-20,23,27H,1,4,10H2/t12-,16-,19+,20+/m0/s1. The highest BCUT2D eigenvalue weighted by molar-refractivity contribution is 5.68. The first kappa shape index (κ1) is 17.1. The smallest absolute Gasteiger partial charge is 0.233 e. The van der Waals surface area contributed by atoms with Crippen LogP contribution in [0.2, 0.25) is 0 Å². The summed E-state index contributed by atoms with van der Waals surface area (Å²) in [4.78, 5) is 4.00. The van der Waals surface area contributed by atoms with Gasteiger partial charge in [0.15, 0.2) is 6.17 Å². The summed E-state index contributed by atoms with van der Waals surface area (Å²) in [5.41, 5.74) is 1.87. The molecule has 1 aliphatic carbocycles. The van der Waals surface area contributed by atoms with Crippen molar-refractivity contribution in [3.8, 4) is 28.6 Å². The summed E-state index contributed by atoms with van der Waals surface area (Å²) in [5, 5.41) is 21.9. The van der Waals surface area contributed by atoms with Crippen molar-refractivity contribution < 1.29 is 14.2 Å². The number of rotatable bonds is 4. The quantitative estimate of drug-likeness (QED) is 0.722. The third-order valence-electron chi connectivity index (χ3n) is 5.61. The number of halogens is 1. The summed E-state index contributed by atoms with van der Waals surface area (Å²) in [5.74, 6) is 0.549. The molecule has 1 saturated carbocycles. The minimum Gasteiger partial charge on any atom is -0.507 e. The Labute approximate surface area is 161 Å². The third kappa shape index (κ3) is 2.99. The Morgan fingerprint density at radius 1 is 1.18 bits per heavy atom. The molecular formula is C20H20FN5O2. The number of phenolic OH excluding ortho intramolecular Hbond substituents is 1. The number of hydrogen-bond donors (Lipinski definition) is 2. The Morgan fingerprint density at radius 3 is 2.75 bits per heavy atom. The van der Waals surface area contributed by atoms with Gasteiger partial charge in [0.1, 0.15) is 11.9 Å². The molecule has 2 bridgehead atoms. The summed E-state index contributed by atoms with van der Waals surface area (Å²) >= 11 is 0. The van der Waals surface area contributed by atoms with Crippen LogP contribution in [0.4, 0.5) is 4.39 Å². The predicted molar refractivity (Wildman–Crippen MR) is 100 cm³/mol. The third-order valence-corrected chi connectivity index (χ3v) is 5.61. The maximum atomic E-state index is 14.5. The van der Waals surface area contributed by atoms with Crippen LogP contribution in [0.25, 0.3) is 16.9 Å². The van der Waals surface area contributed by atoms with Crippen LogP contribution in [-0.4, -0.2) is 49.7 Å². The number of benzene rings is 1. The fourth-order valence-corrected chi connectivity index (χ4v) is 4.08. The minimum atomic E-state index is -1.03. The van der Waals surface area contributed by atoms with Crippen molar-refractivity contribution >= 4 is 0 Å². The Bertz CT molecular complexity index is 953. The van der Waals surface area contributed by atoms with E-state index < -0.39 is 12.3 Å². The topological polar surface area (TPSA) is 85.1 Å². The van der Waals surface area contributed by atoms with E-state index in [1.165, 1.54) is 0 Å². The lowest BCUT2D eigenvalue weighted by molar-refractivity contribution is -0.0353. The van der Waals surface area contributed by atoms with Crippen molar-refractivity contribution in [3.05, 3.63) is 49.1 Å². The maximum absolute atomic E-state index is 14.5. The molecule has 2 saturated heterocycles.